The van der Waals surface area contributed by atoms with Gasteiger partial charge in [0.05, 0.1) is 43.7 Å². The van der Waals surface area contributed by atoms with Crippen LogP contribution in [0.1, 0.15) is 43.4 Å². The molecule has 9 atom stereocenters. The first kappa shape index (κ1) is 40.9. The third kappa shape index (κ3) is 7.66. The number of carbonyl (C=O) groups is 4. The molecule has 3 aromatic carbocycles. The van der Waals surface area contributed by atoms with E-state index in [1.165, 1.54) is 4.90 Å². The van der Waals surface area contributed by atoms with Crippen molar-refractivity contribution in [2.24, 2.45) is 11.8 Å². The van der Waals surface area contributed by atoms with Crippen LogP contribution in [0, 0.1) is 11.8 Å². The molecule has 6 rings (SSSR count). The Morgan fingerprint density at radius 1 is 1.04 bits per heavy atom. The maximum absolute atomic E-state index is 15.2. The van der Waals surface area contributed by atoms with E-state index in [9.17, 15) is 14.7 Å². The summed E-state index contributed by atoms with van der Waals surface area (Å²) in [6.45, 7) is 9.14. The number of likely N-dealkylation sites (tertiary alicyclic amines) is 1. The molecular weight excluding hydrogens is 778 g/mol. The summed E-state index contributed by atoms with van der Waals surface area (Å²) in [6.07, 6.45) is 2.90. The van der Waals surface area contributed by atoms with Crippen LogP contribution in [0.4, 0.5) is 5.69 Å². The van der Waals surface area contributed by atoms with Gasteiger partial charge in [0.15, 0.2) is 0 Å². The molecule has 1 N–H and O–H groups in total. The standard InChI is InChI=1S/C44H50BrN3O8/c1-6-8-19-35(50)46(4)28(3)38(30-17-13-10-14-18-30)55-43(53)36-37-41(51)48(32(27-49)25-29-15-11-9-12-16-29)40(44(37)26-34(45)39(36)56-44)42(52)47(24-7-2)31-20-22-33(54-5)23-21-31/h6-7,9-18,20-23,28,32,34,36-40,49H,1-2,8,19,24-27H2,3-5H3/t28-,32-,34?,36-,37+,38+,39-,40-,44+/m1/s1. The van der Waals surface area contributed by atoms with Crippen LogP contribution in [-0.4, -0.2) is 101 Å². The summed E-state index contributed by atoms with van der Waals surface area (Å²) in [5.74, 6) is -3.26. The van der Waals surface area contributed by atoms with Gasteiger partial charge in [-0.15, -0.1) is 13.2 Å². The minimum absolute atomic E-state index is 0.120. The zero-order valence-corrected chi connectivity index (χ0v) is 33.6. The minimum Gasteiger partial charge on any atom is -0.497 e. The Labute approximate surface area is 337 Å². The van der Waals surface area contributed by atoms with E-state index in [0.29, 0.717) is 23.4 Å². The molecule has 12 heteroatoms. The number of aliphatic hydroxyl groups excluding tert-OH is 1. The number of aliphatic hydroxyl groups is 1. The molecule has 0 aliphatic carbocycles. The SMILES string of the molecule is C=CCCC(=O)N(C)[C@H](C)[C@H](OC(=O)[C@H]1[C@@H]2O[C@@]3(CC2Br)[C@@H]1C(=O)N([C@@H](CO)Cc1ccccc1)[C@@H]3C(=O)N(CC=C)c1ccc(OC)cc1)c1ccccc1. The summed E-state index contributed by atoms with van der Waals surface area (Å²) >= 11 is 3.77. The van der Waals surface area contributed by atoms with E-state index >= 15 is 9.59 Å². The maximum Gasteiger partial charge on any atom is 0.313 e. The number of amides is 3. The Bertz CT molecular complexity index is 1890. The zero-order valence-electron chi connectivity index (χ0n) is 32.0. The molecule has 3 aromatic rings. The summed E-state index contributed by atoms with van der Waals surface area (Å²) in [6, 6.07) is 23.1. The molecule has 3 fully saturated rings. The van der Waals surface area contributed by atoms with Gasteiger partial charge in [0.2, 0.25) is 11.8 Å². The van der Waals surface area contributed by atoms with E-state index < -0.39 is 77.0 Å². The van der Waals surface area contributed by atoms with Gasteiger partial charge in [0, 0.05) is 30.5 Å². The van der Waals surface area contributed by atoms with Crippen molar-refractivity contribution in [2.75, 3.05) is 32.2 Å². The van der Waals surface area contributed by atoms with Gasteiger partial charge in [-0.2, -0.15) is 0 Å². The second-order valence-electron chi connectivity index (χ2n) is 14.7. The summed E-state index contributed by atoms with van der Waals surface area (Å²) in [7, 11) is 3.24. The van der Waals surface area contributed by atoms with Crippen LogP contribution in [0.2, 0.25) is 0 Å². The fraction of sp³-hybridized carbons (Fsp3) is 0.409. The predicted molar refractivity (Wildman–Crippen MR) is 216 cm³/mol. The highest BCUT2D eigenvalue weighted by molar-refractivity contribution is 9.09. The van der Waals surface area contributed by atoms with E-state index in [1.54, 1.807) is 60.4 Å². The van der Waals surface area contributed by atoms with Crippen molar-refractivity contribution in [3.05, 3.63) is 121 Å². The summed E-state index contributed by atoms with van der Waals surface area (Å²) in [4.78, 5) is 62.4. The van der Waals surface area contributed by atoms with E-state index in [4.69, 9.17) is 14.2 Å². The number of carbonyl (C=O) groups excluding carboxylic acids is 4. The maximum atomic E-state index is 15.2. The summed E-state index contributed by atoms with van der Waals surface area (Å²) in [5, 5.41) is 11.0. The van der Waals surface area contributed by atoms with Crippen LogP contribution in [0.15, 0.2) is 110 Å². The molecule has 0 radical (unpaired) electrons. The molecule has 0 saturated carbocycles. The normalized spacial score (nSPS) is 25.1. The number of hydrogen-bond donors (Lipinski definition) is 1. The smallest absolute Gasteiger partial charge is 0.313 e. The number of hydrogen-bond acceptors (Lipinski definition) is 8. The predicted octanol–water partition coefficient (Wildman–Crippen LogP) is 5.66. The average Bonchev–Trinajstić information content (AvgIpc) is 3.83. The molecule has 11 nitrogen and oxygen atoms in total. The third-order valence-corrected chi connectivity index (χ3v) is 12.3. The number of allylic oxidation sites excluding steroid dienone is 1. The number of benzene rings is 3. The topological polar surface area (TPSA) is 126 Å². The number of anilines is 1. The molecule has 3 amide bonds. The first-order chi connectivity index (χ1) is 27.0. The number of fused-ring (bicyclic) bond motifs is 1. The highest BCUT2D eigenvalue weighted by Crippen LogP contribution is 2.61. The second-order valence-corrected chi connectivity index (χ2v) is 15.9. The summed E-state index contributed by atoms with van der Waals surface area (Å²) < 4.78 is 18.6. The number of nitrogens with zero attached hydrogens (tertiary/aromatic N) is 3. The van der Waals surface area contributed by atoms with E-state index in [1.807, 2.05) is 67.6 Å². The number of ether oxygens (including phenoxy) is 3. The monoisotopic (exact) mass is 827 g/mol. The van der Waals surface area contributed by atoms with Crippen LogP contribution in [0.3, 0.4) is 0 Å². The third-order valence-electron chi connectivity index (χ3n) is 11.5. The largest absolute Gasteiger partial charge is 0.497 e. The van der Waals surface area contributed by atoms with E-state index in [2.05, 4.69) is 29.1 Å². The molecular formula is C44H50BrN3O8. The quantitative estimate of drug-likeness (QED) is 0.105. The Morgan fingerprint density at radius 2 is 1.70 bits per heavy atom. The fourth-order valence-corrected chi connectivity index (χ4v) is 9.57. The summed E-state index contributed by atoms with van der Waals surface area (Å²) in [5.41, 5.74) is 0.667. The molecule has 3 aliphatic rings. The lowest BCUT2D eigenvalue weighted by molar-refractivity contribution is -0.165. The van der Waals surface area contributed by atoms with Gasteiger partial charge in [-0.3, -0.25) is 19.2 Å². The van der Waals surface area contributed by atoms with Gasteiger partial charge in [-0.05, 0) is 61.6 Å². The van der Waals surface area contributed by atoms with Crippen LogP contribution in [-0.2, 0) is 35.1 Å². The van der Waals surface area contributed by atoms with E-state index in [0.717, 1.165) is 5.56 Å². The lowest BCUT2D eigenvalue weighted by Gasteiger charge is -2.39. The van der Waals surface area contributed by atoms with Crippen LogP contribution in [0.25, 0.3) is 0 Å². The Morgan fingerprint density at radius 3 is 2.30 bits per heavy atom. The van der Waals surface area contributed by atoms with E-state index in [-0.39, 0.29) is 31.7 Å². The number of methoxy groups -OCH3 is 1. The molecule has 3 aliphatic heterocycles. The van der Waals surface area contributed by atoms with Crippen molar-refractivity contribution in [2.45, 2.75) is 73.4 Å². The van der Waals surface area contributed by atoms with Crippen molar-refractivity contribution < 1.29 is 38.5 Å². The highest BCUT2D eigenvalue weighted by atomic mass is 79.9. The Kier molecular flexibility index (Phi) is 12.8. The van der Waals surface area contributed by atoms with Crippen molar-refractivity contribution in [1.29, 1.82) is 0 Å². The number of esters is 1. The number of halogens is 1. The number of likely N-dealkylation sites (N-methyl/N-ethyl adjacent to an activating group) is 1. The molecule has 296 valence electrons. The number of alkyl halides is 1. The molecule has 2 bridgehead atoms. The van der Waals surface area contributed by atoms with Crippen molar-refractivity contribution >= 4 is 45.3 Å². The molecule has 1 spiro atoms. The van der Waals surface area contributed by atoms with Gasteiger partial charge in [-0.1, -0.05) is 88.7 Å². The van der Waals surface area contributed by atoms with Crippen LogP contribution < -0.4 is 9.64 Å². The van der Waals surface area contributed by atoms with Crippen molar-refractivity contribution in [3.8, 4) is 5.75 Å². The minimum atomic E-state index is -1.43. The van der Waals surface area contributed by atoms with Gasteiger partial charge >= 0.3 is 5.97 Å². The second kappa shape index (κ2) is 17.6. The average molecular weight is 829 g/mol. The Hall–Kier alpha value is -4.78. The first-order valence-corrected chi connectivity index (χ1v) is 19.9. The molecule has 3 saturated heterocycles. The van der Waals surface area contributed by atoms with Gasteiger partial charge in [0.1, 0.15) is 23.5 Å². The molecule has 56 heavy (non-hydrogen) atoms. The van der Waals surface area contributed by atoms with Crippen molar-refractivity contribution in [1.82, 2.24) is 9.80 Å². The first-order valence-electron chi connectivity index (χ1n) is 19.0. The van der Waals surface area contributed by atoms with Gasteiger partial charge in [0.25, 0.3) is 5.91 Å². The lowest BCUT2D eigenvalue weighted by atomic mass is 9.70. The fourth-order valence-electron chi connectivity index (χ4n) is 8.63. The van der Waals surface area contributed by atoms with Crippen LogP contribution >= 0.6 is 15.9 Å². The molecule has 0 aromatic heterocycles. The molecule has 1 unspecified atom stereocenters. The zero-order chi connectivity index (χ0) is 40.1. The van der Waals surface area contributed by atoms with Gasteiger partial charge < -0.3 is 34.0 Å². The van der Waals surface area contributed by atoms with Crippen LogP contribution in [0.5, 0.6) is 5.75 Å². The highest BCUT2D eigenvalue weighted by Gasteiger charge is 2.77. The Balaban J connectivity index is 1.41. The molecule has 3 heterocycles. The lowest BCUT2D eigenvalue weighted by Crippen LogP contribution is -2.59. The number of rotatable bonds is 17. The van der Waals surface area contributed by atoms with Gasteiger partial charge in [-0.25, -0.2) is 0 Å². The van der Waals surface area contributed by atoms with Crippen molar-refractivity contribution in [3.63, 3.8) is 0 Å².